The molecule has 0 bridgehead atoms. The molecule has 6 aromatic carbocycles. The zero-order valence-electron chi connectivity index (χ0n) is 32.2. The summed E-state index contributed by atoms with van der Waals surface area (Å²) in [5.41, 5.74) is 7.31. The van der Waals surface area contributed by atoms with Gasteiger partial charge in [-0.3, -0.25) is 4.90 Å². The lowest BCUT2D eigenvalue weighted by Gasteiger charge is -2.39. The van der Waals surface area contributed by atoms with E-state index in [2.05, 4.69) is 33.7 Å². The number of urea groups is 1. The molecule has 5 atom stereocenters. The van der Waals surface area contributed by atoms with Crippen molar-refractivity contribution in [3.8, 4) is 22.6 Å². The van der Waals surface area contributed by atoms with Crippen molar-refractivity contribution in [3.05, 3.63) is 186 Å². The molecular weight excluding hydrogens is 715 g/mol. The Morgan fingerprint density at radius 3 is 2.12 bits per heavy atom. The highest BCUT2D eigenvalue weighted by Gasteiger charge is 2.34. The zero-order valence-corrected chi connectivity index (χ0v) is 32.2. The molecular formula is C48H49N3O6. The van der Waals surface area contributed by atoms with Crippen LogP contribution in [-0.4, -0.2) is 46.9 Å². The molecule has 0 unspecified atom stereocenters. The number of para-hydroxylation sites is 1. The van der Waals surface area contributed by atoms with Gasteiger partial charge in [-0.05, 0) is 89.8 Å². The van der Waals surface area contributed by atoms with Crippen molar-refractivity contribution in [2.75, 3.05) is 18.9 Å². The Morgan fingerprint density at radius 2 is 1.42 bits per heavy atom. The number of carbonyl (C=O) groups excluding carboxylic acids is 1. The van der Waals surface area contributed by atoms with Crippen molar-refractivity contribution in [1.82, 2.24) is 10.2 Å². The van der Waals surface area contributed by atoms with Crippen LogP contribution in [0, 0.1) is 0 Å². The number of likely N-dealkylation sites (N-methyl/N-ethyl adjacent to an activating group) is 1. The Balaban J connectivity index is 0.982. The number of ether oxygens (including phenoxy) is 3. The van der Waals surface area contributed by atoms with Crippen LogP contribution in [0.3, 0.4) is 0 Å². The van der Waals surface area contributed by atoms with Gasteiger partial charge in [0.1, 0.15) is 11.5 Å². The fraction of sp³-hybridized carbons (Fsp3) is 0.229. The van der Waals surface area contributed by atoms with Gasteiger partial charge in [0.05, 0.1) is 24.9 Å². The summed E-state index contributed by atoms with van der Waals surface area (Å²) in [5.74, 6) is 1.43. The number of rotatable bonds is 14. The van der Waals surface area contributed by atoms with Gasteiger partial charge in [-0.2, -0.15) is 0 Å². The van der Waals surface area contributed by atoms with Crippen molar-refractivity contribution in [1.29, 1.82) is 0 Å². The standard InChI is InChI=1S/C48H49N3O6/c1-33(46(53)38-11-5-3-6-12-38)51(2)31-44-29-45(37-18-16-34(32-52)17-19-37)57-47(56-44)39-22-20-36(21-23-39)40-13-9-10-35(28-40)30-49-48(54)50-41-24-26-43(27-25-41)55-42-14-7-4-8-15-42/h3-28,33,44-47,52-53H,29-32H2,1-2H3,(H2,49,50,54)/t33-,44-,45+,46-,47+/m1/s1. The first-order valence-corrected chi connectivity index (χ1v) is 19.3. The van der Waals surface area contributed by atoms with E-state index in [0.29, 0.717) is 30.9 Å². The van der Waals surface area contributed by atoms with Crippen molar-refractivity contribution in [2.24, 2.45) is 0 Å². The van der Waals surface area contributed by atoms with Crippen LogP contribution in [0.15, 0.2) is 158 Å². The minimum atomic E-state index is -0.641. The number of carbonyl (C=O) groups is 1. The molecule has 1 fully saturated rings. The summed E-state index contributed by atoms with van der Waals surface area (Å²) in [5, 5.41) is 26.6. The van der Waals surface area contributed by atoms with Gasteiger partial charge in [0, 0.05) is 36.8 Å². The molecule has 0 aromatic heterocycles. The molecule has 0 radical (unpaired) electrons. The average Bonchev–Trinajstić information content (AvgIpc) is 3.26. The fourth-order valence-electron chi connectivity index (χ4n) is 6.97. The van der Waals surface area contributed by atoms with Gasteiger partial charge in [0.2, 0.25) is 0 Å². The first-order valence-electron chi connectivity index (χ1n) is 19.3. The monoisotopic (exact) mass is 763 g/mol. The van der Waals surface area contributed by atoms with Crippen LogP contribution in [0.2, 0.25) is 0 Å². The summed E-state index contributed by atoms with van der Waals surface area (Å²) in [6, 6.07) is 50.2. The van der Waals surface area contributed by atoms with E-state index in [4.69, 9.17) is 14.2 Å². The molecule has 9 heteroatoms. The highest BCUT2D eigenvalue weighted by molar-refractivity contribution is 5.89. The second-order valence-corrected chi connectivity index (χ2v) is 14.5. The van der Waals surface area contributed by atoms with E-state index in [0.717, 1.165) is 44.7 Å². The van der Waals surface area contributed by atoms with Crippen LogP contribution in [-0.2, 0) is 22.6 Å². The summed E-state index contributed by atoms with van der Waals surface area (Å²) in [6.45, 7) is 2.97. The van der Waals surface area contributed by atoms with E-state index in [1.807, 2.05) is 141 Å². The lowest BCUT2D eigenvalue weighted by atomic mass is 9.98. The molecule has 1 heterocycles. The smallest absolute Gasteiger partial charge is 0.319 e. The number of nitrogens with one attached hydrogen (secondary N) is 2. The molecule has 1 aliphatic rings. The molecule has 1 aliphatic heterocycles. The average molecular weight is 764 g/mol. The van der Waals surface area contributed by atoms with Crippen molar-refractivity contribution in [2.45, 2.75) is 57.1 Å². The van der Waals surface area contributed by atoms with Crippen molar-refractivity contribution >= 4 is 11.7 Å². The minimum absolute atomic E-state index is 0.0186. The quantitative estimate of drug-likeness (QED) is 0.0875. The third-order valence-corrected chi connectivity index (χ3v) is 10.4. The maximum Gasteiger partial charge on any atom is 0.319 e. The second-order valence-electron chi connectivity index (χ2n) is 14.5. The van der Waals surface area contributed by atoms with E-state index in [1.165, 1.54) is 0 Å². The predicted molar refractivity (Wildman–Crippen MR) is 223 cm³/mol. The molecule has 2 amide bonds. The number of nitrogens with zero attached hydrogens (tertiary/aromatic N) is 1. The lowest BCUT2D eigenvalue weighted by Crippen LogP contribution is -2.43. The summed E-state index contributed by atoms with van der Waals surface area (Å²) in [4.78, 5) is 14.9. The number of hydrogen-bond acceptors (Lipinski definition) is 7. The van der Waals surface area contributed by atoms with Gasteiger partial charge in [0.25, 0.3) is 0 Å². The molecule has 1 saturated heterocycles. The summed E-state index contributed by atoms with van der Waals surface area (Å²) in [7, 11) is 2.02. The predicted octanol–water partition coefficient (Wildman–Crippen LogP) is 9.56. The van der Waals surface area contributed by atoms with Crippen LogP contribution in [0.25, 0.3) is 11.1 Å². The van der Waals surface area contributed by atoms with Crippen LogP contribution < -0.4 is 15.4 Å². The molecule has 4 N–H and O–H groups in total. The fourth-order valence-corrected chi connectivity index (χ4v) is 6.97. The van der Waals surface area contributed by atoms with Gasteiger partial charge >= 0.3 is 6.03 Å². The maximum atomic E-state index is 12.7. The largest absolute Gasteiger partial charge is 0.457 e. The van der Waals surface area contributed by atoms with Crippen LogP contribution in [0.5, 0.6) is 11.5 Å². The molecule has 9 nitrogen and oxygen atoms in total. The highest BCUT2D eigenvalue weighted by Crippen LogP contribution is 2.39. The van der Waals surface area contributed by atoms with E-state index in [9.17, 15) is 15.0 Å². The Morgan fingerprint density at radius 1 is 0.754 bits per heavy atom. The molecule has 7 rings (SSSR count). The first-order chi connectivity index (χ1) is 27.8. The summed E-state index contributed by atoms with van der Waals surface area (Å²) in [6.07, 6.45) is -1.00. The Labute approximate surface area is 334 Å². The maximum absolute atomic E-state index is 12.7. The van der Waals surface area contributed by atoms with Gasteiger partial charge in [0.15, 0.2) is 6.29 Å². The zero-order chi connectivity index (χ0) is 39.6. The number of amides is 2. The summed E-state index contributed by atoms with van der Waals surface area (Å²) < 4.78 is 19.1. The molecule has 6 aromatic rings. The van der Waals surface area contributed by atoms with Crippen molar-refractivity contribution in [3.63, 3.8) is 0 Å². The second kappa shape index (κ2) is 18.9. The Hall–Kier alpha value is -5.81. The number of anilines is 1. The minimum Gasteiger partial charge on any atom is -0.457 e. The molecule has 0 aliphatic carbocycles. The summed E-state index contributed by atoms with van der Waals surface area (Å²) >= 11 is 0. The Bertz CT molecular complexity index is 2170. The third-order valence-electron chi connectivity index (χ3n) is 10.4. The molecule has 0 spiro atoms. The number of aliphatic hydroxyl groups excluding tert-OH is 2. The van der Waals surface area contributed by atoms with Crippen molar-refractivity contribution < 1.29 is 29.2 Å². The SMILES string of the molecule is C[C@H]([C@@H](O)c1ccccc1)N(C)C[C@H]1C[C@@H](c2ccc(CO)cc2)O[C@@H](c2ccc(-c3cccc(CNC(=O)Nc4ccc(Oc5ccccc5)cc4)c3)cc2)O1. The van der Waals surface area contributed by atoms with E-state index in [1.54, 1.807) is 12.1 Å². The van der Waals surface area contributed by atoms with Crippen LogP contribution in [0.4, 0.5) is 10.5 Å². The molecule has 57 heavy (non-hydrogen) atoms. The molecule has 0 saturated carbocycles. The van der Waals surface area contributed by atoms with Gasteiger partial charge in [-0.15, -0.1) is 0 Å². The topological polar surface area (TPSA) is 113 Å². The normalized spacial score (nSPS) is 17.7. The number of aliphatic hydroxyl groups is 2. The van der Waals surface area contributed by atoms with Gasteiger partial charge < -0.3 is 35.1 Å². The Kier molecular flexibility index (Phi) is 13.1. The molecule has 292 valence electrons. The highest BCUT2D eigenvalue weighted by atomic mass is 16.7. The third kappa shape index (κ3) is 10.5. The lowest BCUT2D eigenvalue weighted by molar-refractivity contribution is -0.253. The number of hydrogen-bond donors (Lipinski definition) is 4. The van der Waals surface area contributed by atoms with E-state index in [-0.39, 0.29) is 30.9 Å². The number of benzene rings is 6. The van der Waals surface area contributed by atoms with Gasteiger partial charge in [-0.1, -0.05) is 115 Å². The van der Waals surface area contributed by atoms with Gasteiger partial charge in [-0.25, -0.2) is 4.79 Å². The first kappa shape index (κ1) is 39.4. The van der Waals surface area contributed by atoms with E-state index >= 15 is 0 Å². The van der Waals surface area contributed by atoms with Crippen LogP contribution >= 0.6 is 0 Å². The van der Waals surface area contributed by atoms with E-state index < -0.39 is 12.4 Å². The van der Waals surface area contributed by atoms with Crippen LogP contribution in [0.1, 0.15) is 59.7 Å².